The van der Waals surface area contributed by atoms with E-state index >= 15 is 0 Å². The van der Waals surface area contributed by atoms with Crippen LogP contribution in [0, 0.1) is 23.1 Å². The van der Waals surface area contributed by atoms with E-state index in [2.05, 4.69) is 16.7 Å². The minimum Gasteiger partial charge on any atom is -0.341 e. The van der Waals surface area contributed by atoms with Crippen LogP contribution in [-0.4, -0.2) is 54.1 Å². The molecule has 2 atom stereocenters. The first kappa shape index (κ1) is 21.4. The summed E-state index contributed by atoms with van der Waals surface area (Å²) in [7, 11) is 1.58. The maximum absolute atomic E-state index is 14.5. The van der Waals surface area contributed by atoms with Gasteiger partial charge < -0.3 is 20.4 Å². The lowest BCUT2D eigenvalue weighted by atomic mass is 9.91. The van der Waals surface area contributed by atoms with E-state index < -0.39 is 0 Å². The quantitative estimate of drug-likeness (QED) is 0.730. The molecule has 0 aromatic heterocycles. The Morgan fingerprint density at radius 2 is 2.00 bits per heavy atom. The van der Waals surface area contributed by atoms with Crippen molar-refractivity contribution in [2.45, 2.75) is 63.1 Å². The fourth-order valence-corrected chi connectivity index (χ4v) is 4.60. The molecule has 1 aliphatic heterocycles. The molecule has 8 heteroatoms. The van der Waals surface area contributed by atoms with E-state index in [1.165, 1.54) is 0 Å². The van der Waals surface area contributed by atoms with Crippen molar-refractivity contribution in [3.8, 4) is 6.07 Å². The molecule has 0 spiro atoms. The van der Waals surface area contributed by atoms with Crippen LogP contribution >= 0.6 is 0 Å². The standard InChI is InChI=1S/C23H30FN5O2/c1-26-22(30)28-13-15(8-9-25)10-20(14-28)29(19-6-7-19)23(31)27-12-18-5-4-17(11-21(18)24)16-2-3-16/h4-5,11,15-16,19-20H,2-3,6-8,10,12-14H2,1H3,(H,26,30)(H,27,31)/t15-,20+/m0/s1. The molecule has 0 radical (unpaired) electrons. The van der Waals surface area contributed by atoms with Gasteiger partial charge in [0.05, 0.1) is 12.1 Å². The minimum absolute atomic E-state index is 0.0301. The average molecular weight is 428 g/mol. The highest BCUT2D eigenvalue weighted by atomic mass is 19.1. The largest absolute Gasteiger partial charge is 0.341 e. The highest BCUT2D eigenvalue weighted by molar-refractivity contribution is 5.76. The monoisotopic (exact) mass is 427 g/mol. The third-order valence-corrected chi connectivity index (χ3v) is 6.52. The molecule has 3 fully saturated rings. The van der Waals surface area contributed by atoms with Crippen molar-refractivity contribution < 1.29 is 14.0 Å². The van der Waals surface area contributed by atoms with Gasteiger partial charge in [0.1, 0.15) is 5.82 Å². The summed E-state index contributed by atoms with van der Waals surface area (Å²) < 4.78 is 14.5. The maximum atomic E-state index is 14.5. The Labute approximate surface area is 182 Å². The lowest BCUT2D eigenvalue weighted by Gasteiger charge is -2.42. The van der Waals surface area contributed by atoms with Crippen LogP contribution in [0.25, 0.3) is 0 Å². The summed E-state index contributed by atoms with van der Waals surface area (Å²) in [5, 5.41) is 14.7. The van der Waals surface area contributed by atoms with Crippen molar-refractivity contribution in [3.63, 3.8) is 0 Å². The van der Waals surface area contributed by atoms with Gasteiger partial charge in [-0.15, -0.1) is 0 Å². The van der Waals surface area contributed by atoms with Crippen molar-refractivity contribution in [2.75, 3.05) is 20.1 Å². The number of benzene rings is 1. The van der Waals surface area contributed by atoms with E-state index in [4.69, 9.17) is 5.26 Å². The maximum Gasteiger partial charge on any atom is 0.318 e. The number of amides is 4. The molecule has 166 valence electrons. The highest BCUT2D eigenvalue weighted by Gasteiger charge is 2.41. The highest BCUT2D eigenvalue weighted by Crippen LogP contribution is 2.40. The van der Waals surface area contributed by atoms with Gasteiger partial charge in [-0.25, -0.2) is 14.0 Å². The van der Waals surface area contributed by atoms with Crippen LogP contribution in [0.1, 0.15) is 55.6 Å². The van der Waals surface area contributed by atoms with Crippen molar-refractivity contribution in [3.05, 3.63) is 35.1 Å². The van der Waals surface area contributed by atoms with E-state index in [0.717, 1.165) is 31.2 Å². The Kier molecular flexibility index (Phi) is 6.30. The third kappa shape index (κ3) is 5.09. The fourth-order valence-electron chi connectivity index (χ4n) is 4.60. The second-order valence-corrected chi connectivity index (χ2v) is 9.00. The fraction of sp³-hybridized carbons (Fsp3) is 0.609. The molecule has 4 amide bonds. The smallest absolute Gasteiger partial charge is 0.318 e. The van der Waals surface area contributed by atoms with Gasteiger partial charge in [0.15, 0.2) is 0 Å². The van der Waals surface area contributed by atoms with E-state index in [1.54, 1.807) is 24.1 Å². The summed E-state index contributed by atoms with van der Waals surface area (Å²) in [6, 6.07) is 7.07. The van der Waals surface area contributed by atoms with E-state index in [9.17, 15) is 14.0 Å². The van der Waals surface area contributed by atoms with Gasteiger partial charge in [-0.1, -0.05) is 12.1 Å². The number of urea groups is 2. The topological polar surface area (TPSA) is 88.5 Å². The van der Waals surface area contributed by atoms with Crippen LogP contribution in [-0.2, 0) is 6.54 Å². The number of piperidine rings is 1. The van der Waals surface area contributed by atoms with Gasteiger partial charge in [-0.2, -0.15) is 5.26 Å². The summed E-state index contributed by atoms with van der Waals surface area (Å²) in [5.74, 6) is 0.238. The Bertz CT molecular complexity index is 877. The number of hydrogen-bond donors (Lipinski definition) is 2. The normalized spacial score (nSPS) is 23.1. The summed E-state index contributed by atoms with van der Waals surface area (Å²) in [4.78, 5) is 28.9. The van der Waals surface area contributed by atoms with Gasteiger partial charge in [0.25, 0.3) is 0 Å². The van der Waals surface area contributed by atoms with Crippen LogP contribution in [0.5, 0.6) is 0 Å². The number of nitrogens with zero attached hydrogens (tertiary/aromatic N) is 3. The molecule has 2 N–H and O–H groups in total. The van der Waals surface area contributed by atoms with Crippen LogP contribution in [0.4, 0.5) is 14.0 Å². The Hall–Kier alpha value is -2.82. The Morgan fingerprint density at radius 1 is 1.23 bits per heavy atom. The zero-order chi connectivity index (χ0) is 22.0. The lowest BCUT2D eigenvalue weighted by molar-refractivity contribution is 0.0921. The van der Waals surface area contributed by atoms with Gasteiger partial charge in [-0.3, -0.25) is 0 Å². The van der Waals surface area contributed by atoms with Crippen LogP contribution in [0.2, 0.25) is 0 Å². The van der Waals surface area contributed by atoms with Crippen LogP contribution in [0.3, 0.4) is 0 Å². The number of nitrogens with one attached hydrogen (secondary N) is 2. The molecule has 4 rings (SSSR count). The zero-order valence-corrected chi connectivity index (χ0v) is 17.9. The van der Waals surface area contributed by atoms with Crippen LogP contribution in [0.15, 0.2) is 18.2 Å². The minimum atomic E-state index is -0.278. The number of hydrogen-bond acceptors (Lipinski definition) is 3. The van der Waals surface area contributed by atoms with Crippen molar-refractivity contribution in [1.82, 2.24) is 20.4 Å². The molecule has 2 aliphatic carbocycles. The number of nitriles is 1. The second kappa shape index (κ2) is 9.13. The van der Waals surface area contributed by atoms with Gasteiger partial charge in [-0.05, 0) is 55.6 Å². The van der Waals surface area contributed by atoms with Gasteiger partial charge in [0, 0.05) is 44.7 Å². The molecular formula is C23H30FN5O2. The van der Waals surface area contributed by atoms with Gasteiger partial charge >= 0.3 is 12.1 Å². The number of halogens is 1. The average Bonchev–Trinajstić information content (AvgIpc) is 3.66. The molecule has 1 aromatic carbocycles. The summed E-state index contributed by atoms with van der Waals surface area (Å²) in [5.41, 5.74) is 1.51. The SMILES string of the molecule is CNC(=O)N1C[C@@H](CC#N)C[C@@H](N(C(=O)NCc2ccc(C3CC3)cc2F)C2CC2)C1. The molecular weight excluding hydrogens is 397 g/mol. The Balaban J connectivity index is 1.43. The van der Waals surface area contributed by atoms with E-state index in [-0.39, 0.29) is 42.4 Å². The summed E-state index contributed by atoms with van der Waals surface area (Å²) >= 11 is 0. The third-order valence-electron chi connectivity index (χ3n) is 6.52. The predicted octanol–water partition coefficient (Wildman–Crippen LogP) is 3.32. The zero-order valence-electron chi connectivity index (χ0n) is 17.9. The van der Waals surface area contributed by atoms with Crippen molar-refractivity contribution >= 4 is 12.1 Å². The van der Waals surface area contributed by atoms with Crippen molar-refractivity contribution in [1.29, 1.82) is 5.26 Å². The second-order valence-electron chi connectivity index (χ2n) is 9.00. The first-order valence-electron chi connectivity index (χ1n) is 11.2. The number of carbonyl (C=O) groups is 2. The number of rotatable bonds is 6. The molecule has 3 aliphatic rings. The van der Waals surface area contributed by atoms with E-state index in [1.807, 2.05) is 11.0 Å². The molecule has 1 heterocycles. The lowest BCUT2D eigenvalue weighted by Crippen LogP contribution is -2.58. The van der Waals surface area contributed by atoms with E-state index in [0.29, 0.717) is 37.4 Å². The molecule has 1 aromatic rings. The summed E-state index contributed by atoms with van der Waals surface area (Å²) in [6.45, 7) is 1.09. The molecule has 1 saturated heterocycles. The first-order chi connectivity index (χ1) is 15.0. The molecule has 7 nitrogen and oxygen atoms in total. The number of likely N-dealkylation sites (tertiary alicyclic amines) is 1. The molecule has 2 saturated carbocycles. The number of carbonyl (C=O) groups excluding carboxylic acids is 2. The molecule has 0 unspecified atom stereocenters. The van der Waals surface area contributed by atoms with Crippen molar-refractivity contribution in [2.24, 2.45) is 5.92 Å². The molecule has 0 bridgehead atoms. The van der Waals surface area contributed by atoms with Crippen LogP contribution < -0.4 is 10.6 Å². The first-order valence-corrected chi connectivity index (χ1v) is 11.2. The predicted molar refractivity (Wildman–Crippen MR) is 114 cm³/mol. The molecule has 31 heavy (non-hydrogen) atoms. The summed E-state index contributed by atoms with van der Waals surface area (Å²) in [6.07, 6.45) is 5.13. The Morgan fingerprint density at radius 3 is 2.61 bits per heavy atom. The van der Waals surface area contributed by atoms with Gasteiger partial charge in [0.2, 0.25) is 0 Å².